The summed E-state index contributed by atoms with van der Waals surface area (Å²) in [6, 6.07) is 9.37. The number of fused-ring (bicyclic) bond motifs is 2. The number of aryl methyl sites for hydroxylation is 1. The van der Waals surface area contributed by atoms with Gasteiger partial charge in [-0.05, 0) is 55.0 Å². The highest BCUT2D eigenvalue weighted by molar-refractivity contribution is 8.00. The van der Waals surface area contributed by atoms with Gasteiger partial charge in [-0.15, -0.1) is 0 Å². The summed E-state index contributed by atoms with van der Waals surface area (Å²) in [6.07, 6.45) is 3.02. The van der Waals surface area contributed by atoms with Gasteiger partial charge in [0.1, 0.15) is 11.1 Å². The molecule has 26 heavy (non-hydrogen) atoms. The van der Waals surface area contributed by atoms with Gasteiger partial charge in [-0.3, -0.25) is 4.79 Å². The van der Waals surface area contributed by atoms with E-state index in [0.29, 0.717) is 33.6 Å². The Morgan fingerprint density at radius 1 is 1.35 bits per heavy atom. The van der Waals surface area contributed by atoms with Gasteiger partial charge in [0, 0.05) is 11.3 Å². The topological polar surface area (TPSA) is 72.2 Å². The number of hydrogen-bond donors (Lipinski definition) is 0. The fourth-order valence-corrected chi connectivity index (χ4v) is 4.17. The lowest BCUT2D eigenvalue weighted by atomic mass is 9.87. The van der Waals surface area contributed by atoms with Gasteiger partial charge in [0.15, 0.2) is 17.3 Å². The van der Waals surface area contributed by atoms with Crippen LogP contribution in [0.5, 0.6) is 11.5 Å². The summed E-state index contributed by atoms with van der Waals surface area (Å²) in [6.45, 7) is 2.41. The lowest BCUT2D eigenvalue weighted by molar-refractivity contribution is 0.102. The summed E-state index contributed by atoms with van der Waals surface area (Å²) in [5.74, 6) is 2.09. The molecule has 0 saturated carbocycles. The summed E-state index contributed by atoms with van der Waals surface area (Å²) in [7, 11) is 0. The van der Waals surface area contributed by atoms with Gasteiger partial charge in [0.2, 0.25) is 6.79 Å². The third kappa shape index (κ3) is 3.27. The molecule has 0 fully saturated rings. The molecule has 2 heterocycles. The third-order valence-corrected chi connectivity index (χ3v) is 5.74. The van der Waals surface area contributed by atoms with Gasteiger partial charge in [-0.25, -0.2) is 4.98 Å². The summed E-state index contributed by atoms with van der Waals surface area (Å²) in [5, 5.41) is 10.1. The third-order valence-electron chi connectivity index (χ3n) is 4.75. The molecule has 2 aliphatic rings. The van der Waals surface area contributed by atoms with Crippen molar-refractivity contribution in [3.8, 4) is 17.6 Å². The summed E-state index contributed by atoms with van der Waals surface area (Å²) >= 11 is 1.33. The molecule has 0 spiro atoms. The molecule has 0 bridgehead atoms. The zero-order valence-electron chi connectivity index (χ0n) is 14.4. The van der Waals surface area contributed by atoms with E-state index in [9.17, 15) is 10.1 Å². The second kappa shape index (κ2) is 7.00. The van der Waals surface area contributed by atoms with Crippen LogP contribution in [0, 0.1) is 17.2 Å². The lowest BCUT2D eigenvalue weighted by Gasteiger charge is -2.21. The molecule has 0 amide bonds. The smallest absolute Gasteiger partial charge is 0.231 e. The number of Topliss-reactive ketones (excluding diaryl/α,β-unsaturated/α-hetero) is 1. The molecule has 1 unspecified atom stereocenters. The molecule has 5 nitrogen and oxygen atoms in total. The highest BCUT2D eigenvalue weighted by Gasteiger charge is 2.21. The minimum Gasteiger partial charge on any atom is -0.454 e. The number of carbonyl (C=O) groups excluding carboxylic acids is 1. The van der Waals surface area contributed by atoms with Crippen LogP contribution < -0.4 is 9.47 Å². The number of hydrogen-bond acceptors (Lipinski definition) is 6. The van der Waals surface area contributed by atoms with Gasteiger partial charge in [-0.1, -0.05) is 18.7 Å². The van der Waals surface area contributed by atoms with Gasteiger partial charge < -0.3 is 9.47 Å². The monoisotopic (exact) mass is 366 g/mol. The van der Waals surface area contributed by atoms with Crippen LogP contribution in [0.2, 0.25) is 0 Å². The first-order valence-electron chi connectivity index (χ1n) is 8.62. The minimum atomic E-state index is -0.0228. The van der Waals surface area contributed by atoms with Gasteiger partial charge >= 0.3 is 0 Å². The SMILES string of the molecule is CC1CCc2nc(SCC(=O)c3ccc4c(c3)OCO4)c(C#N)cc2C1. The average molecular weight is 366 g/mol. The van der Waals surface area contributed by atoms with Gasteiger partial charge in [-0.2, -0.15) is 5.26 Å². The van der Waals surface area contributed by atoms with Crippen molar-refractivity contribution in [1.29, 1.82) is 5.26 Å². The van der Waals surface area contributed by atoms with Crippen molar-refractivity contribution in [1.82, 2.24) is 4.98 Å². The maximum atomic E-state index is 12.5. The summed E-state index contributed by atoms with van der Waals surface area (Å²) < 4.78 is 10.6. The lowest BCUT2D eigenvalue weighted by Crippen LogP contribution is -2.14. The zero-order chi connectivity index (χ0) is 18.1. The van der Waals surface area contributed by atoms with E-state index in [-0.39, 0.29) is 18.3 Å². The fraction of sp³-hybridized carbons (Fsp3) is 0.350. The van der Waals surface area contributed by atoms with Crippen LogP contribution in [0.3, 0.4) is 0 Å². The number of rotatable bonds is 4. The van der Waals surface area contributed by atoms with Crippen molar-refractivity contribution >= 4 is 17.5 Å². The van der Waals surface area contributed by atoms with Crippen molar-refractivity contribution in [3.05, 3.63) is 46.6 Å². The van der Waals surface area contributed by atoms with Crippen LogP contribution >= 0.6 is 11.8 Å². The Hall–Kier alpha value is -2.52. The second-order valence-electron chi connectivity index (χ2n) is 6.69. The number of nitrogens with zero attached hydrogens (tertiary/aromatic N) is 2. The predicted octanol–water partition coefficient (Wildman–Crippen LogP) is 3.78. The van der Waals surface area contributed by atoms with Crippen LogP contribution in [-0.2, 0) is 12.8 Å². The Labute approximate surface area is 156 Å². The molecule has 1 atom stereocenters. The van der Waals surface area contributed by atoms with Crippen LogP contribution in [0.25, 0.3) is 0 Å². The Morgan fingerprint density at radius 3 is 3.04 bits per heavy atom. The van der Waals surface area contributed by atoms with E-state index in [2.05, 4.69) is 18.0 Å². The standard InChI is InChI=1S/C20H18N2O3S/c1-12-2-4-16-14(6-12)7-15(9-21)20(22-16)26-10-17(23)13-3-5-18-19(8-13)25-11-24-18/h3,5,7-8,12H,2,4,6,10-11H2,1H3. The molecule has 1 aromatic heterocycles. The van der Waals surface area contributed by atoms with Crippen molar-refractivity contribution < 1.29 is 14.3 Å². The molecule has 1 aliphatic heterocycles. The number of benzene rings is 1. The van der Waals surface area contributed by atoms with Crippen LogP contribution in [0.1, 0.15) is 40.5 Å². The number of ether oxygens (including phenoxy) is 2. The maximum Gasteiger partial charge on any atom is 0.231 e. The molecule has 2 aromatic rings. The van der Waals surface area contributed by atoms with Crippen LogP contribution in [0.15, 0.2) is 29.3 Å². The number of thioether (sulfide) groups is 1. The number of ketones is 1. The number of pyridine rings is 1. The molecule has 0 N–H and O–H groups in total. The van der Waals surface area contributed by atoms with Gasteiger partial charge in [0.05, 0.1) is 11.3 Å². The van der Waals surface area contributed by atoms with E-state index >= 15 is 0 Å². The number of carbonyl (C=O) groups is 1. The van der Waals surface area contributed by atoms with Gasteiger partial charge in [0.25, 0.3) is 0 Å². The molecule has 0 saturated heterocycles. The number of aromatic nitrogens is 1. The van der Waals surface area contributed by atoms with Crippen molar-refractivity contribution in [2.75, 3.05) is 12.5 Å². The molecule has 6 heteroatoms. The maximum absolute atomic E-state index is 12.5. The van der Waals surface area contributed by atoms with E-state index in [0.717, 1.165) is 25.0 Å². The molecule has 0 radical (unpaired) electrons. The first-order chi connectivity index (χ1) is 12.6. The Kier molecular flexibility index (Phi) is 4.56. The van der Waals surface area contributed by atoms with Crippen molar-refractivity contribution in [2.24, 2.45) is 5.92 Å². The Bertz CT molecular complexity index is 920. The Morgan fingerprint density at radius 2 is 2.19 bits per heavy atom. The molecule has 1 aliphatic carbocycles. The average Bonchev–Trinajstić information content (AvgIpc) is 3.13. The molecule has 1 aromatic carbocycles. The molecule has 132 valence electrons. The second-order valence-corrected chi connectivity index (χ2v) is 7.65. The van der Waals surface area contributed by atoms with Crippen molar-refractivity contribution in [3.63, 3.8) is 0 Å². The first-order valence-corrected chi connectivity index (χ1v) is 9.61. The Balaban J connectivity index is 1.51. The largest absolute Gasteiger partial charge is 0.454 e. The predicted molar refractivity (Wildman–Crippen MR) is 97.8 cm³/mol. The molecular weight excluding hydrogens is 348 g/mol. The first kappa shape index (κ1) is 16.9. The fourth-order valence-electron chi connectivity index (χ4n) is 3.31. The van der Waals surface area contributed by atoms with E-state index in [4.69, 9.17) is 9.47 Å². The van der Waals surface area contributed by atoms with E-state index < -0.39 is 0 Å². The molecule has 4 rings (SSSR count). The van der Waals surface area contributed by atoms with E-state index in [1.165, 1.54) is 17.3 Å². The summed E-state index contributed by atoms with van der Waals surface area (Å²) in [4.78, 5) is 17.2. The summed E-state index contributed by atoms with van der Waals surface area (Å²) in [5.41, 5.74) is 3.38. The van der Waals surface area contributed by atoms with Crippen LogP contribution in [0.4, 0.5) is 0 Å². The molecular formula is C20H18N2O3S. The number of nitriles is 1. The highest BCUT2D eigenvalue weighted by Crippen LogP contribution is 2.33. The van der Waals surface area contributed by atoms with Crippen LogP contribution in [-0.4, -0.2) is 23.3 Å². The highest BCUT2D eigenvalue weighted by atomic mass is 32.2. The zero-order valence-corrected chi connectivity index (χ0v) is 15.3. The van der Waals surface area contributed by atoms with Crippen molar-refractivity contribution in [2.45, 2.75) is 31.2 Å². The normalized spacial score (nSPS) is 17.5. The quantitative estimate of drug-likeness (QED) is 0.606. The minimum absolute atomic E-state index is 0.0228. The van der Waals surface area contributed by atoms with E-state index in [1.54, 1.807) is 18.2 Å². The van der Waals surface area contributed by atoms with E-state index in [1.807, 2.05) is 6.07 Å².